The molecular formula is C31H42N2O8. The molecule has 10 heteroatoms. The van der Waals surface area contributed by atoms with E-state index in [1.807, 2.05) is 55.1 Å². The molecule has 0 unspecified atom stereocenters. The van der Waals surface area contributed by atoms with E-state index in [1.165, 1.54) is 5.06 Å². The average Bonchev–Trinajstić information content (AvgIpc) is 3.60. The minimum Gasteiger partial charge on any atom is -0.496 e. The van der Waals surface area contributed by atoms with Crippen LogP contribution in [0.2, 0.25) is 0 Å². The van der Waals surface area contributed by atoms with Gasteiger partial charge in [0.15, 0.2) is 11.5 Å². The molecule has 4 rings (SSSR count). The zero-order chi connectivity index (χ0) is 29.4. The fourth-order valence-corrected chi connectivity index (χ4v) is 5.88. The summed E-state index contributed by atoms with van der Waals surface area (Å²) >= 11 is 0. The van der Waals surface area contributed by atoms with E-state index < -0.39 is 11.9 Å². The molecule has 1 fully saturated rings. The van der Waals surface area contributed by atoms with E-state index in [9.17, 15) is 14.7 Å². The zero-order valence-corrected chi connectivity index (χ0v) is 24.5. The van der Waals surface area contributed by atoms with Crippen molar-refractivity contribution >= 4 is 11.9 Å². The van der Waals surface area contributed by atoms with E-state index in [4.69, 9.17) is 23.8 Å². The number of carboxylic acids is 1. The number of carbonyl (C=O) groups excluding carboxylic acids is 1. The van der Waals surface area contributed by atoms with Crippen LogP contribution >= 0.6 is 0 Å². The molecule has 1 saturated heterocycles. The average molecular weight is 571 g/mol. The fraction of sp³-hybridized carbons (Fsp3) is 0.548. The lowest BCUT2D eigenvalue weighted by Gasteiger charge is -2.29. The third-order valence-electron chi connectivity index (χ3n) is 7.78. The second kappa shape index (κ2) is 14.4. The van der Waals surface area contributed by atoms with E-state index in [-0.39, 0.29) is 31.2 Å². The first-order valence-corrected chi connectivity index (χ1v) is 14.4. The smallest absolute Gasteiger partial charge is 0.308 e. The maximum absolute atomic E-state index is 13.4. The Kier molecular flexibility index (Phi) is 10.7. The number of nitrogens with zero attached hydrogens (tertiary/aromatic N) is 2. The fourth-order valence-electron chi connectivity index (χ4n) is 5.88. The Bertz CT molecular complexity index is 1190. The first-order chi connectivity index (χ1) is 19.9. The van der Waals surface area contributed by atoms with Crippen molar-refractivity contribution in [2.24, 2.45) is 5.92 Å². The molecule has 2 aromatic carbocycles. The van der Waals surface area contributed by atoms with Gasteiger partial charge in [0.25, 0.3) is 5.91 Å². The standard InChI is InChI=1S/C31H42N2O8/c1-5-14-33(41-15-6-2)28(34)19-32-18-23(22-16-26(38-4)30-27(17-22)39-20-40-30)29(31(35)36)24(32)12-9-11-21-10-7-8-13-25(21)37-3/h7-8,10,13,16-17,23-24,29H,5-6,9,11-12,14-15,18-20H2,1-4H3,(H,35,36)/t23-,24+,29-/m1/s1. The summed E-state index contributed by atoms with van der Waals surface area (Å²) in [7, 11) is 3.20. The van der Waals surface area contributed by atoms with Gasteiger partial charge in [-0.15, -0.1) is 0 Å². The van der Waals surface area contributed by atoms with E-state index in [0.29, 0.717) is 43.4 Å². The van der Waals surface area contributed by atoms with Crippen LogP contribution in [0.3, 0.4) is 0 Å². The third kappa shape index (κ3) is 7.05. The molecule has 1 N–H and O–H groups in total. The topological polar surface area (TPSA) is 107 Å². The molecule has 0 bridgehead atoms. The van der Waals surface area contributed by atoms with Crippen LogP contribution in [-0.2, 0) is 20.8 Å². The van der Waals surface area contributed by atoms with Crippen molar-refractivity contribution in [1.29, 1.82) is 0 Å². The lowest BCUT2D eigenvalue weighted by molar-refractivity contribution is -0.188. The summed E-state index contributed by atoms with van der Waals surface area (Å²) in [5.41, 5.74) is 1.86. The summed E-state index contributed by atoms with van der Waals surface area (Å²) in [6.45, 7) is 5.48. The quantitative estimate of drug-likeness (QED) is 0.310. The number of likely N-dealkylation sites (tertiary alicyclic amines) is 1. The maximum Gasteiger partial charge on any atom is 0.308 e. The number of carbonyl (C=O) groups is 2. The van der Waals surface area contributed by atoms with Gasteiger partial charge in [0.05, 0.1) is 33.3 Å². The summed E-state index contributed by atoms with van der Waals surface area (Å²) in [5.74, 6) is 0.202. The number of ether oxygens (including phenoxy) is 4. The molecule has 0 saturated carbocycles. The molecule has 2 aromatic rings. The summed E-state index contributed by atoms with van der Waals surface area (Å²) in [4.78, 5) is 34.1. The van der Waals surface area contributed by atoms with Crippen molar-refractivity contribution in [2.45, 2.75) is 57.9 Å². The number of aliphatic carboxylic acids is 1. The molecule has 3 atom stereocenters. The van der Waals surface area contributed by atoms with Crippen LogP contribution in [0.5, 0.6) is 23.0 Å². The van der Waals surface area contributed by atoms with Gasteiger partial charge in [-0.1, -0.05) is 32.0 Å². The largest absolute Gasteiger partial charge is 0.496 e. The van der Waals surface area contributed by atoms with Gasteiger partial charge in [0.1, 0.15) is 5.75 Å². The van der Waals surface area contributed by atoms with Crippen LogP contribution in [0.1, 0.15) is 56.6 Å². The lowest BCUT2D eigenvalue weighted by Crippen LogP contribution is -2.44. The molecule has 2 heterocycles. The third-order valence-corrected chi connectivity index (χ3v) is 7.78. The first kappa shape index (κ1) is 30.5. The summed E-state index contributed by atoms with van der Waals surface area (Å²) in [5, 5.41) is 12.0. The van der Waals surface area contributed by atoms with Crippen LogP contribution in [-0.4, -0.2) is 80.2 Å². The number of fused-ring (bicyclic) bond motifs is 1. The highest BCUT2D eigenvalue weighted by molar-refractivity contribution is 5.78. The van der Waals surface area contributed by atoms with Crippen molar-refractivity contribution in [2.75, 3.05) is 47.3 Å². The first-order valence-electron chi connectivity index (χ1n) is 14.4. The summed E-state index contributed by atoms with van der Waals surface area (Å²) < 4.78 is 22.2. The predicted octanol–water partition coefficient (Wildman–Crippen LogP) is 4.50. The van der Waals surface area contributed by atoms with Crippen molar-refractivity contribution in [3.8, 4) is 23.0 Å². The minimum absolute atomic E-state index is 0.0744. The van der Waals surface area contributed by atoms with E-state index in [1.54, 1.807) is 14.2 Å². The second-order valence-corrected chi connectivity index (χ2v) is 10.5. The molecule has 1 amide bonds. The van der Waals surface area contributed by atoms with Gasteiger partial charge in [-0.2, -0.15) is 0 Å². The van der Waals surface area contributed by atoms with E-state index in [0.717, 1.165) is 42.6 Å². The van der Waals surface area contributed by atoms with Gasteiger partial charge in [-0.3, -0.25) is 19.3 Å². The van der Waals surface area contributed by atoms with Crippen molar-refractivity contribution in [3.05, 3.63) is 47.5 Å². The number of hydrogen-bond acceptors (Lipinski definition) is 8. The SMILES string of the molecule is CCCON(CCC)C(=O)CN1C[C@H](c2cc(OC)c3c(c2)OCO3)[C@@H](C(=O)O)[C@@H]1CCCc1ccccc1OC. The van der Waals surface area contributed by atoms with Gasteiger partial charge >= 0.3 is 5.97 Å². The molecule has 224 valence electrons. The number of aryl methyl sites for hydroxylation is 1. The van der Waals surface area contributed by atoms with Crippen molar-refractivity contribution < 1.29 is 38.5 Å². The number of hydroxylamine groups is 2. The summed E-state index contributed by atoms with van der Waals surface area (Å²) in [6.07, 6.45) is 3.62. The van der Waals surface area contributed by atoms with Gasteiger partial charge in [0.2, 0.25) is 12.5 Å². The minimum atomic E-state index is -0.892. The zero-order valence-electron chi connectivity index (χ0n) is 24.5. The number of amides is 1. The van der Waals surface area contributed by atoms with Crippen molar-refractivity contribution in [3.63, 3.8) is 0 Å². The highest BCUT2D eigenvalue weighted by Gasteiger charge is 2.47. The van der Waals surface area contributed by atoms with E-state index in [2.05, 4.69) is 0 Å². The number of benzene rings is 2. The Labute approximate surface area is 242 Å². The van der Waals surface area contributed by atoms with Crippen LogP contribution in [0, 0.1) is 5.92 Å². The molecular weight excluding hydrogens is 528 g/mol. The van der Waals surface area contributed by atoms with Gasteiger partial charge in [-0.25, -0.2) is 5.06 Å². The van der Waals surface area contributed by atoms with Gasteiger partial charge in [-0.05, 0) is 61.4 Å². The second-order valence-electron chi connectivity index (χ2n) is 10.5. The Morgan fingerprint density at radius 1 is 1.07 bits per heavy atom. The summed E-state index contributed by atoms with van der Waals surface area (Å²) in [6, 6.07) is 11.2. The normalized spacial score (nSPS) is 19.8. The number of hydrogen-bond donors (Lipinski definition) is 1. The number of para-hydroxylation sites is 1. The van der Waals surface area contributed by atoms with Crippen LogP contribution in [0.4, 0.5) is 0 Å². The molecule has 0 aliphatic carbocycles. The lowest BCUT2D eigenvalue weighted by atomic mass is 9.83. The molecule has 2 aliphatic rings. The molecule has 0 radical (unpaired) electrons. The monoisotopic (exact) mass is 570 g/mol. The molecule has 0 aromatic heterocycles. The molecule has 2 aliphatic heterocycles. The molecule has 10 nitrogen and oxygen atoms in total. The van der Waals surface area contributed by atoms with Crippen molar-refractivity contribution in [1.82, 2.24) is 9.96 Å². The highest BCUT2D eigenvalue weighted by Crippen LogP contribution is 2.47. The Morgan fingerprint density at radius 2 is 1.85 bits per heavy atom. The van der Waals surface area contributed by atoms with Crippen LogP contribution < -0.4 is 18.9 Å². The number of carboxylic acid groups (broad SMARTS) is 1. The Morgan fingerprint density at radius 3 is 2.56 bits per heavy atom. The van der Waals surface area contributed by atoms with Gasteiger partial charge in [0, 0.05) is 25.0 Å². The Hall–Kier alpha value is -3.50. The highest BCUT2D eigenvalue weighted by atomic mass is 16.7. The van der Waals surface area contributed by atoms with Crippen LogP contribution in [0.15, 0.2) is 36.4 Å². The van der Waals surface area contributed by atoms with Gasteiger partial charge < -0.3 is 24.1 Å². The van der Waals surface area contributed by atoms with E-state index >= 15 is 0 Å². The molecule has 41 heavy (non-hydrogen) atoms. The predicted molar refractivity (Wildman–Crippen MR) is 153 cm³/mol. The molecule has 0 spiro atoms. The van der Waals surface area contributed by atoms with Crippen LogP contribution in [0.25, 0.3) is 0 Å². The number of methoxy groups -OCH3 is 2. The maximum atomic E-state index is 13.4. The Balaban J connectivity index is 1.62. The number of rotatable bonds is 15.